The van der Waals surface area contributed by atoms with Crippen molar-refractivity contribution in [2.24, 2.45) is 0 Å². The average molecular weight is 356 g/mol. The van der Waals surface area contributed by atoms with Gasteiger partial charge in [0.25, 0.3) is 5.91 Å². The number of hydrogen-bond donors (Lipinski definition) is 1. The first-order valence-corrected chi connectivity index (χ1v) is 8.87. The highest BCUT2D eigenvalue weighted by molar-refractivity contribution is 6.05. The number of nitrogens with one attached hydrogen (secondary N) is 1. The van der Waals surface area contributed by atoms with Gasteiger partial charge in [0, 0.05) is 18.0 Å². The number of para-hydroxylation sites is 1. The SMILES string of the molecule is Cc1cc2ncc(C(=O)Nc3ccccc3Cc3ccccc3)c(C)n2n1. The zero-order chi connectivity index (χ0) is 18.8. The van der Waals surface area contributed by atoms with Crippen LogP contribution in [-0.4, -0.2) is 20.5 Å². The van der Waals surface area contributed by atoms with Gasteiger partial charge in [0.05, 0.1) is 17.0 Å². The highest BCUT2D eigenvalue weighted by Crippen LogP contribution is 2.21. The normalized spacial score (nSPS) is 10.9. The molecule has 0 saturated carbocycles. The van der Waals surface area contributed by atoms with Crippen molar-refractivity contribution in [2.45, 2.75) is 20.3 Å². The minimum atomic E-state index is -0.185. The predicted octanol–water partition coefficient (Wildman–Crippen LogP) is 4.19. The Hall–Kier alpha value is -3.47. The summed E-state index contributed by atoms with van der Waals surface area (Å²) >= 11 is 0. The van der Waals surface area contributed by atoms with Crippen molar-refractivity contribution in [1.29, 1.82) is 0 Å². The van der Waals surface area contributed by atoms with Crippen LogP contribution in [0.4, 0.5) is 5.69 Å². The first-order chi connectivity index (χ1) is 13.1. The molecule has 2 aromatic carbocycles. The summed E-state index contributed by atoms with van der Waals surface area (Å²) in [6.45, 7) is 3.79. The summed E-state index contributed by atoms with van der Waals surface area (Å²) in [4.78, 5) is 17.3. The van der Waals surface area contributed by atoms with Crippen LogP contribution in [0, 0.1) is 13.8 Å². The molecule has 0 radical (unpaired) electrons. The van der Waals surface area contributed by atoms with E-state index in [0.717, 1.165) is 34.7 Å². The standard InChI is InChI=1S/C22H20N4O/c1-15-12-21-23-14-19(16(2)26(21)25-15)22(27)24-20-11-7-6-10-18(20)13-17-8-4-3-5-9-17/h3-12,14H,13H2,1-2H3,(H,24,27). The van der Waals surface area contributed by atoms with E-state index in [1.54, 1.807) is 10.7 Å². The Bertz CT molecular complexity index is 1120. The number of aryl methyl sites for hydroxylation is 2. The third kappa shape index (κ3) is 3.44. The van der Waals surface area contributed by atoms with Gasteiger partial charge >= 0.3 is 0 Å². The lowest BCUT2D eigenvalue weighted by Crippen LogP contribution is -2.17. The van der Waals surface area contributed by atoms with E-state index in [2.05, 4.69) is 27.5 Å². The molecule has 0 atom stereocenters. The number of fused-ring (bicyclic) bond motifs is 1. The fourth-order valence-electron chi connectivity index (χ4n) is 3.19. The largest absolute Gasteiger partial charge is 0.322 e. The Morgan fingerprint density at radius 3 is 2.59 bits per heavy atom. The van der Waals surface area contributed by atoms with E-state index in [1.165, 1.54) is 5.56 Å². The first-order valence-electron chi connectivity index (χ1n) is 8.87. The highest BCUT2D eigenvalue weighted by Gasteiger charge is 2.15. The third-order valence-electron chi connectivity index (χ3n) is 4.59. The van der Waals surface area contributed by atoms with Crippen molar-refractivity contribution in [2.75, 3.05) is 5.32 Å². The molecular weight excluding hydrogens is 336 g/mol. The Morgan fingerprint density at radius 2 is 1.78 bits per heavy atom. The minimum Gasteiger partial charge on any atom is -0.322 e. The summed E-state index contributed by atoms with van der Waals surface area (Å²) in [5.74, 6) is -0.185. The molecule has 2 aromatic heterocycles. The van der Waals surface area contributed by atoms with Crippen LogP contribution in [0.5, 0.6) is 0 Å². The Kier molecular flexibility index (Phi) is 4.42. The second-order valence-corrected chi connectivity index (χ2v) is 6.59. The summed E-state index contributed by atoms with van der Waals surface area (Å²) in [6.07, 6.45) is 2.37. The van der Waals surface area contributed by atoms with Gasteiger partial charge in [-0.1, -0.05) is 48.5 Å². The molecule has 1 amide bonds. The van der Waals surface area contributed by atoms with Gasteiger partial charge in [-0.05, 0) is 37.5 Å². The van der Waals surface area contributed by atoms with Gasteiger partial charge in [-0.25, -0.2) is 9.50 Å². The maximum Gasteiger partial charge on any atom is 0.259 e. The molecule has 5 nitrogen and oxygen atoms in total. The molecule has 4 aromatic rings. The van der Waals surface area contributed by atoms with Gasteiger partial charge in [0.1, 0.15) is 0 Å². The van der Waals surface area contributed by atoms with Gasteiger partial charge in [0.15, 0.2) is 5.65 Å². The second-order valence-electron chi connectivity index (χ2n) is 6.59. The van der Waals surface area contributed by atoms with Crippen molar-refractivity contribution in [3.8, 4) is 0 Å². The summed E-state index contributed by atoms with van der Waals surface area (Å²) in [5.41, 5.74) is 5.97. The quantitative estimate of drug-likeness (QED) is 0.596. The Labute approximate surface area is 157 Å². The maximum absolute atomic E-state index is 12.9. The van der Waals surface area contributed by atoms with Crippen LogP contribution < -0.4 is 5.32 Å². The molecule has 0 bridgehead atoms. The summed E-state index contributed by atoms with van der Waals surface area (Å²) < 4.78 is 1.71. The van der Waals surface area contributed by atoms with Crippen LogP contribution >= 0.6 is 0 Å². The van der Waals surface area contributed by atoms with E-state index in [9.17, 15) is 4.79 Å². The number of amides is 1. The lowest BCUT2D eigenvalue weighted by molar-refractivity contribution is 0.102. The van der Waals surface area contributed by atoms with Crippen LogP contribution in [0.25, 0.3) is 5.65 Å². The number of carbonyl (C=O) groups is 1. The lowest BCUT2D eigenvalue weighted by atomic mass is 10.0. The van der Waals surface area contributed by atoms with Crippen molar-refractivity contribution in [3.63, 3.8) is 0 Å². The maximum atomic E-state index is 12.9. The fourth-order valence-corrected chi connectivity index (χ4v) is 3.19. The molecule has 0 saturated heterocycles. The van der Waals surface area contributed by atoms with Crippen molar-refractivity contribution >= 4 is 17.2 Å². The van der Waals surface area contributed by atoms with Crippen molar-refractivity contribution < 1.29 is 4.79 Å². The number of anilines is 1. The van der Waals surface area contributed by atoms with Gasteiger partial charge in [-0.2, -0.15) is 5.10 Å². The zero-order valence-electron chi connectivity index (χ0n) is 15.3. The third-order valence-corrected chi connectivity index (χ3v) is 4.59. The molecule has 0 aliphatic heterocycles. The van der Waals surface area contributed by atoms with E-state index < -0.39 is 0 Å². The number of carbonyl (C=O) groups excluding carboxylic acids is 1. The fraction of sp³-hybridized carbons (Fsp3) is 0.136. The summed E-state index contributed by atoms with van der Waals surface area (Å²) in [7, 11) is 0. The van der Waals surface area contributed by atoms with E-state index in [0.29, 0.717) is 5.56 Å². The summed E-state index contributed by atoms with van der Waals surface area (Å²) in [6, 6.07) is 20.0. The van der Waals surface area contributed by atoms with Crippen LogP contribution in [0.3, 0.4) is 0 Å². The smallest absolute Gasteiger partial charge is 0.259 e. The highest BCUT2D eigenvalue weighted by atomic mass is 16.1. The topological polar surface area (TPSA) is 59.3 Å². The monoisotopic (exact) mass is 356 g/mol. The minimum absolute atomic E-state index is 0.185. The van der Waals surface area contributed by atoms with E-state index in [1.807, 2.05) is 62.4 Å². The molecule has 0 spiro atoms. The molecule has 0 unspecified atom stereocenters. The number of aromatic nitrogens is 3. The van der Waals surface area contributed by atoms with Crippen molar-refractivity contribution in [1.82, 2.24) is 14.6 Å². The number of benzene rings is 2. The molecule has 27 heavy (non-hydrogen) atoms. The van der Waals surface area contributed by atoms with Crippen molar-refractivity contribution in [3.05, 3.63) is 94.9 Å². The Balaban J connectivity index is 1.63. The molecule has 2 heterocycles. The first kappa shape index (κ1) is 17.0. The van der Waals surface area contributed by atoms with E-state index >= 15 is 0 Å². The molecule has 4 rings (SSSR count). The predicted molar refractivity (Wildman–Crippen MR) is 106 cm³/mol. The molecule has 0 aliphatic rings. The van der Waals surface area contributed by atoms with Crippen LogP contribution in [0.1, 0.15) is 32.9 Å². The van der Waals surface area contributed by atoms with E-state index in [4.69, 9.17) is 0 Å². The van der Waals surface area contributed by atoms with Crippen LogP contribution in [-0.2, 0) is 6.42 Å². The molecule has 134 valence electrons. The Morgan fingerprint density at radius 1 is 1.04 bits per heavy atom. The van der Waals surface area contributed by atoms with E-state index in [-0.39, 0.29) is 5.91 Å². The summed E-state index contributed by atoms with van der Waals surface area (Å²) in [5, 5.41) is 7.45. The number of hydrogen-bond acceptors (Lipinski definition) is 3. The number of rotatable bonds is 4. The van der Waals surface area contributed by atoms with Crippen LogP contribution in [0.15, 0.2) is 66.9 Å². The van der Waals surface area contributed by atoms with Gasteiger partial charge < -0.3 is 5.32 Å². The zero-order valence-corrected chi connectivity index (χ0v) is 15.3. The molecular formula is C22H20N4O. The number of nitrogens with zero attached hydrogens (tertiary/aromatic N) is 3. The lowest BCUT2D eigenvalue weighted by Gasteiger charge is -2.12. The molecule has 0 fully saturated rings. The second kappa shape index (κ2) is 7.03. The molecule has 0 aliphatic carbocycles. The van der Waals surface area contributed by atoms with Gasteiger partial charge in [-0.3, -0.25) is 4.79 Å². The molecule has 5 heteroatoms. The van der Waals surface area contributed by atoms with Gasteiger partial charge in [-0.15, -0.1) is 0 Å². The average Bonchev–Trinajstić information content (AvgIpc) is 3.06. The van der Waals surface area contributed by atoms with Gasteiger partial charge in [0.2, 0.25) is 0 Å². The van der Waals surface area contributed by atoms with Crippen LogP contribution in [0.2, 0.25) is 0 Å². The molecule has 1 N–H and O–H groups in total.